The van der Waals surface area contributed by atoms with Crippen LogP contribution in [0.2, 0.25) is 0 Å². The lowest BCUT2D eigenvalue weighted by Crippen LogP contribution is -2.37. The molecule has 1 aliphatic heterocycles. The van der Waals surface area contributed by atoms with Gasteiger partial charge in [0, 0.05) is 24.6 Å². The number of hydrogen-bond donors (Lipinski definition) is 2. The molecule has 0 spiro atoms. The number of rotatable bonds is 4. The highest BCUT2D eigenvalue weighted by atomic mass is 16.1. The molecule has 1 aromatic heterocycles. The van der Waals surface area contributed by atoms with Gasteiger partial charge in [0.25, 0.3) is 0 Å². The van der Waals surface area contributed by atoms with Gasteiger partial charge in [-0.3, -0.25) is 9.48 Å². The van der Waals surface area contributed by atoms with E-state index in [4.69, 9.17) is 0 Å². The van der Waals surface area contributed by atoms with Crippen LogP contribution in [0.1, 0.15) is 18.4 Å². The van der Waals surface area contributed by atoms with Crippen LogP contribution in [0.4, 0.5) is 5.69 Å². The fourth-order valence-electron chi connectivity index (χ4n) is 2.65. The van der Waals surface area contributed by atoms with E-state index in [0.29, 0.717) is 6.54 Å². The summed E-state index contributed by atoms with van der Waals surface area (Å²) in [7, 11) is 0. The average Bonchev–Trinajstić information content (AvgIpc) is 3.01. The summed E-state index contributed by atoms with van der Waals surface area (Å²) < 4.78 is 1.87. The lowest BCUT2D eigenvalue weighted by molar-refractivity contribution is -0.120. The second-order valence-electron chi connectivity index (χ2n) is 5.44. The zero-order valence-corrected chi connectivity index (χ0v) is 12.0. The molecule has 0 bridgehead atoms. The number of benzene rings is 1. The molecule has 1 saturated heterocycles. The summed E-state index contributed by atoms with van der Waals surface area (Å²) >= 11 is 0. The van der Waals surface area contributed by atoms with E-state index in [1.54, 1.807) is 6.20 Å². The summed E-state index contributed by atoms with van der Waals surface area (Å²) in [5.74, 6) is 0.187. The molecule has 1 aromatic carbocycles. The largest absolute Gasteiger partial charge is 0.326 e. The van der Waals surface area contributed by atoms with E-state index >= 15 is 0 Å². The number of nitrogens with zero attached hydrogens (tertiary/aromatic N) is 2. The zero-order valence-electron chi connectivity index (χ0n) is 12.0. The first-order valence-corrected chi connectivity index (χ1v) is 7.39. The maximum Gasteiger partial charge on any atom is 0.228 e. The molecule has 0 radical (unpaired) electrons. The summed E-state index contributed by atoms with van der Waals surface area (Å²) in [6.45, 7) is 2.50. The van der Waals surface area contributed by atoms with Crippen molar-refractivity contribution in [1.29, 1.82) is 0 Å². The molecule has 0 unspecified atom stereocenters. The molecule has 2 heterocycles. The van der Waals surface area contributed by atoms with Crippen molar-refractivity contribution < 1.29 is 4.79 Å². The van der Waals surface area contributed by atoms with Crippen molar-refractivity contribution in [3.05, 3.63) is 48.3 Å². The van der Waals surface area contributed by atoms with Gasteiger partial charge in [0.1, 0.15) is 0 Å². The van der Waals surface area contributed by atoms with E-state index in [1.165, 1.54) is 0 Å². The van der Waals surface area contributed by atoms with Gasteiger partial charge in [-0.05, 0) is 43.1 Å². The van der Waals surface area contributed by atoms with E-state index in [1.807, 2.05) is 41.2 Å². The molecule has 3 rings (SSSR count). The van der Waals surface area contributed by atoms with Gasteiger partial charge in [0.2, 0.25) is 5.91 Å². The predicted octanol–water partition coefficient (Wildman–Crippen LogP) is 1.87. The monoisotopic (exact) mass is 284 g/mol. The maximum atomic E-state index is 12.2. The number of hydrogen-bond acceptors (Lipinski definition) is 3. The van der Waals surface area contributed by atoms with Gasteiger partial charge < -0.3 is 10.6 Å². The van der Waals surface area contributed by atoms with Gasteiger partial charge in [-0.2, -0.15) is 5.10 Å². The van der Waals surface area contributed by atoms with Gasteiger partial charge in [0.15, 0.2) is 0 Å². The van der Waals surface area contributed by atoms with E-state index in [0.717, 1.165) is 37.2 Å². The second-order valence-corrected chi connectivity index (χ2v) is 5.44. The smallest absolute Gasteiger partial charge is 0.228 e. The summed E-state index contributed by atoms with van der Waals surface area (Å²) in [6.07, 6.45) is 5.73. The van der Waals surface area contributed by atoms with Crippen LogP contribution in [0, 0.1) is 5.92 Å². The normalized spacial score (nSPS) is 18.4. The van der Waals surface area contributed by atoms with Crippen LogP contribution in [0.15, 0.2) is 42.7 Å². The predicted molar refractivity (Wildman–Crippen MR) is 82.0 cm³/mol. The Morgan fingerprint density at radius 3 is 3.14 bits per heavy atom. The number of nitrogens with one attached hydrogen (secondary N) is 2. The number of amides is 1. The second kappa shape index (κ2) is 6.54. The molecule has 1 fully saturated rings. The Labute approximate surface area is 124 Å². The number of anilines is 1. The molecule has 1 aliphatic rings. The van der Waals surface area contributed by atoms with E-state index in [9.17, 15) is 4.79 Å². The molecule has 21 heavy (non-hydrogen) atoms. The van der Waals surface area contributed by atoms with Crippen LogP contribution in [0.25, 0.3) is 0 Å². The molecule has 0 saturated carbocycles. The molecular formula is C16H20N4O. The Balaban J connectivity index is 1.63. The van der Waals surface area contributed by atoms with Crippen molar-refractivity contribution in [1.82, 2.24) is 15.1 Å². The van der Waals surface area contributed by atoms with Crippen molar-refractivity contribution in [2.75, 3.05) is 18.4 Å². The van der Waals surface area contributed by atoms with Crippen LogP contribution in [-0.2, 0) is 11.3 Å². The highest BCUT2D eigenvalue weighted by Crippen LogP contribution is 2.16. The molecule has 1 amide bonds. The van der Waals surface area contributed by atoms with Crippen molar-refractivity contribution in [3.8, 4) is 0 Å². The SMILES string of the molecule is O=C(Nc1cccc(Cn2cccn2)c1)[C@@H]1CCCNC1. The summed E-state index contributed by atoms with van der Waals surface area (Å²) in [6, 6.07) is 9.85. The lowest BCUT2D eigenvalue weighted by Gasteiger charge is -2.22. The van der Waals surface area contributed by atoms with Crippen molar-refractivity contribution in [2.24, 2.45) is 5.92 Å². The first-order chi connectivity index (χ1) is 10.3. The molecule has 1 atom stereocenters. The van der Waals surface area contributed by atoms with Crippen molar-refractivity contribution >= 4 is 11.6 Å². The molecule has 110 valence electrons. The number of piperidine rings is 1. The summed E-state index contributed by atoms with van der Waals surface area (Å²) in [5, 5.41) is 10.5. The van der Waals surface area contributed by atoms with Crippen LogP contribution in [-0.4, -0.2) is 28.8 Å². The van der Waals surface area contributed by atoms with Crippen molar-refractivity contribution in [3.63, 3.8) is 0 Å². The van der Waals surface area contributed by atoms with E-state index < -0.39 is 0 Å². The number of carbonyl (C=O) groups excluding carboxylic acids is 1. The van der Waals surface area contributed by atoms with Gasteiger partial charge in [-0.1, -0.05) is 12.1 Å². The molecule has 0 aliphatic carbocycles. The first kappa shape index (κ1) is 13.8. The van der Waals surface area contributed by atoms with Gasteiger partial charge >= 0.3 is 0 Å². The van der Waals surface area contributed by atoms with Crippen molar-refractivity contribution in [2.45, 2.75) is 19.4 Å². The third-order valence-electron chi connectivity index (χ3n) is 3.77. The standard InChI is InChI=1S/C16H20N4O/c21-16(14-5-2-7-17-11-14)19-15-6-1-4-13(10-15)12-20-9-3-8-18-20/h1,3-4,6,8-10,14,17H,2,5,7,11-12H2,(H,19,21)/t14-/m1/s1. The Morgan fingerprint density at radius 1 is 1.43 bits per heavy atom. The fraction of sp³-hybridized carbons (Fsp3) is 0.375. The average molecular weight is 284 g/mol. The zero-order chi connectivity index (χ0) is 14.5. The molecule has 2 aromatic rings. The Kier molecular flexibility index (Phi) is 4.31. The highest BCUT2D eigenvalue weighted by molar-refractivity contribution is 5.92. The maximum absolute atomic E-state index is 12.2. The Morgan fingerprint density at radius 2 is 2.38 bits per heavy atom. The fourth-order valence-corrected chi connectivity index (χ4v) is 2.65. The Hall–Kier alpha value is -2.14. The molecule has 5 heteroatoms. The highest BCUT2D eigenvalue weighted by Gasteiger charge is 2.20. The third-order valence-corrected chi connectivity index (χ3v) is 3.77. The summed E-state index contributed by atoms with van der Waals surface area (Å²) in [4.78, 5) is 12.2. The molecule has 2 N–H and O–H groups in total. The van der Waals surface area contributed by atoms with Crippen LogP contribution < -0.4 is 10.6 Å². The van der Waals surface area contributed by atoms with Gasteiger partial charge in [-0.15, -0.1) is 0 Å². The quantitative estimate of drug-likeness (QED) is 0.901. The first-order valence-electron chi connectivity index (χ1n) is 7.39. The van der Waals surface area contributed by atoms with Crippen LogP contribution >= 0.6 is 0 Å². The van der Waals surface area contributed by atoms with Gasteiger partial charge in [0.05, 0.1) is 12.5 Å². The van der Waals surface area contributed by atoms with Crippen LogP contribution in [0.5, 0.6) is 0 Å². The minimum atomic E-state index is 0.0773. The third kappa shape index (κ3) is 3.70. The Bertz CT molecular complexity index is 588. The van der Waals surface area contributed by atoms with E-state index in [-0.39, 0.29) is 11.8 Å². The number of carbonyl (C=O) groups is 1. The lowest BCUT2D eigenvalue weighted by atomic mass is 9.99. The summed E-state index contributed by atoms with van der Waals surface area (Å²) in [5.41, 5.74) is 1.98. The number of aromatic nitrogens is 2. The molecular weight excluding hydrogens is 264 g/mol. The van der Waals surface area contributed by atoms with E-state index in [2.05, 4.69) is 15.7 Å². The van der Waals surface area contributed by atoms with Gasteiger partial charge in [-0.25, -0.2) is 0 Å². The minimum Gasteiger partial charge on any atom is -0.326 e. The molecule has 5 nitrogen and oxygen atoms in total. The topological polar surface area (TPSA) is 59.0 Å². The minimum absolute atomic E-state index is 0.0773. The van der Waals surface area contributed by atoms with Crippen LogP contribution in [0.3, 0.4) is 0 Å².